The van der Waals surface area contributed by atoms with E-state index in [0.29, 0.717) is 16.5 Å². The summed E-state index contributed by atoms with van der Waals surface area (Å²) in [5, 5.41) is 9.28. The van der Waals surface area contributed by atoms with Crippen LogP contribution in [0.5, 0.6) is 0 Å². The molecule has 4 nitrogen and oxygen atoms in total. The normalized spacial score (nSPS) is 10.1. The molecule has 0 unspecified atom stereocenters. The number of nitrogens with zero attached hydrogens (tertiary/aromatic N) is 4. The van der Waals surface area contributed by atoms with E-state index in [1.807, 2.05) is 37.9 Å². The molecular formula is C14H13ClN4. The van der Waals surface area contributed by atoms with Gasteiger partial charge in [0.2, 0.25) is 0 Å². The average Bonchev–Trinajstić information content (AvgIpc) is 2.42. The van der Waals surface area contributed by atoms with Crippen molar-refractivity contribution in [3.63, 3.8) is 0 Å². The fraction of sp³-hybridized carbons (Fsp3) is 0.214. The molecular weight excluding hydrogens is 260 g/mol. The topological polar surface area (TPSA) is 52.8 Å². The van der Waals surface area contributed by atoms with Gasteiger partial charge in [-0.05, 0) is 32.0 Å². The Labute approximate surface area is 117 Å². The first kappa shape index (κ1) is 13.3. The van der Waals surface area contributed by atoms with E-state index in [1.165, 1.54) is 0 Å². The molecule has 0 radical (unpaired) electrons. The van der Waals surface area contributed by atoms with Crippen LogP contribution in [0.3, 0.4) is 0 Å². The lowest BCUT2D eigenvalue weighted by atomic mass is 10.2. The third-order valence-electron chi connectivity index (χ3n) is 2.93. The predicted octanol–water partition coefficient (Wildman–Crippen LogP) is 3.39. The van der Waals surface area contributed by atoms with Crippen molar-refractivity contribution in [2.45, 2.75) is 13.8 Å². The molecule has 1 heterocycles. The molecule has 0 N–H and O–H groups in total. The summed E-state index contributed by atoms with van der Waals surface area (Å²) < 4.78 is 0. The zero-order chi connectivity index (χ0) is 14.0. The first-order valence-corrected chi connectivity index (χ1v) is 6.15. The molecule has 96 valence electrons. The molecule has 1 aromatic carbocycles. The molecule has 1 aromatic heterocycles. The summed E-state index contributed by atoms with van der Waals surface area (Å²) in [7, 11) is 1.85. The summed E-state index contributed by atoms with van der Waals surface area (Å²) in [5.41, 5.74) is 3.09. The molecule has 0 amide bonds. The number of benzene rings is 1. The molecule has 0 aliphatic heterocycles. The zero-order valence-corrected chi connectivity index (χ0v) is 11.7. The lowest BCUT2D eigenvalue weighted by Crippen LogP contribution is -2.13. The number of rotatable bonds is 2. The van der Waals surface area contributed by atoms with Gasteiger partial charge in [0.15, 0.2) is 11.0 Å². The third kappa shape index (κ3) is 2.67. The van der Waals surface area contributed by atoms with E-state index in [9.17, 15) is 0 Å². The highest BCUT2D eigenvalue weighted by Crippen LogP contribution is 2.28. The van der Waals surface area contributed by atoms with Crippen LogP contribution in [0.1, 0.15) is 17.0 Å². The number of aryl methyl sites for hydroxylation is 2. The fourth-order valence-corrected chi connectivity index (χ4v) is 1.98. The summed E-state index contributed by atoms with van der Waals surface area (Å²) in [6.45, 7) is 3.76. The highest BCUT2D eigenvalue weighted by molar-refractivity contribution is 6.31. The van der Waals surface area contributed by atoms with E-state index in [2.05, 4.69) is 16.0 Å². The van der Waals surface area contributed by atoms with E-state index in [-0.39, 0.29) is 0 Å². The summed E-state index contributed by atoms with van der Waals surface area (Å²) in [6.07, 6.45) is 0. The number of anilines is 2. The van der Waals surface area contributed by atoms with Crippen LogP contribution in [0, 0.1) is 25.2 Å². The van der Waals surface area contributed by atoms with Crippen LogP contribution in [0.15, 0.2) is 24.3 Å². The smallest absolute Gasteiger partial charge is 0.172 e. The van der Waals surface area contributed by atoms with Crippen LogP contribution in [0.4, 0.5) is 11.5 Å². The summed E-state index contributed by atoms with van der Waals surface area (Å²) >= 11 is 6.14. The van der Waals surface area contributed by atoms with Crippen LogP contribution in [-0.2, 0) is 0 Å². The zero-order valence-electron chi connectivity index (χ0n) is 11.0. The molecule has 19 heavy (non-hydrogen) atoms. The van der Waals surface area contributed by atoms with E-state index in [1.54, 1.807) is 12.1 Å². The molecule has 0 spiro atoms. The molecule has 2 rings (SSSR count). The Morgan fingerprint density at radius 1 is 1.21 bits per heavy atom. The van der Waals surface area contributed by atoms with Crippen molar-refractivity contribution in [3.8, 4) is 6.07 Å². The lowest BCUT2D eigenvalue weighted by Gasteiger charge is -2.20. The van der Waals surface area contributed by atoms with Crippen LogP contribution in [-0.4, -0.2) is 17.0 Å². The second kappa shape index (κ2) is 5.25. The standard InChI is InChI=1S/C14H13ClN4/c1-9-10(2)18-14(13(15)17-9)19(3)12-6-4-5-11(7-12)8-16/h4-7H,1-3H3. The van der Waals surface area contributed by atoms with Crippen molar-refractivity contribution in [1.29, 1.82) is 5.26 Å². The first-order chi connectivity index (χ1) is 9.02. The quantitative estimate of drug-likeness (QED) is 0.841. The van der Waals surface area contributed by atoms with Crippen molar-refractivity contribution in [2.24, 2.45) is 0 Å². The molecule has 0 saturated heterocycles. The van der Waals surface area contributed by atoms with Gasteiger partial charge in [-0.1, -0.05) is 17.7 Å². The van der Waals surface area contributed by atoms with Crippen molar-refractivity contribution in [1.82, 2.24) is 9.97 Å². The van der Waals surface area contributed by atoms with Crippen LogP contribution in [0.25, 0.3) is 0 Å². The molecule has 0 aliphatic rings. The maximum Gasteiger partial charge on any atom is 0.172 e. The minimum absolute atomic E-state index is 0.355. The first-order valence-electron chi connectivity index (χ1n) is 5.77. The Morgan fingerprint density at radius 3 is 2.58 bits per heavy atom. The monoisotopic (exact) mass is 272 g/mol. The van der Waals surface area contributed by atoms with Crippen molar-refractivity contribution >= 4 is 23.1 Å². The predicted molar refractivity (Wildman–Crippen MR) is 75.7 cm³/mol. The number of hydrogen-bond acceptors (Lipinski definition) is 4. The summed E-state index contributed by atoms with van der Waals surface area (Å²) in [5.74, 6) is 0.583. The van der Waals surface area contributed by atoms with Crippen molar-refractivity contribution < 1.29 is 0 Å². The van der Waals surface area contributed by atoms with Gasteiger partial charge in [-0.15, -0.1) is 0 Å². The van der Waals surface area contributed by atoms with E-state index in [0.717, 1.165) is 17.1 Å². The van der Waals surface area contributed by atoms with Gasteiger partial charge in [0.1, 0.15) is 0 Å². The maximum atomic E-state index is 8.93. The average molecular weight is 273 g/mol. The minimum Gasteiger partial charge on any atom is -0.327 e. The largest absolute Gasteiger partial charge is 0.327 e. The van der Waals surface area contributed by atoms with Crippen LogP contribution < -0.4 is 4.90 Å². The molecule has 0 aliphatic carbocycles. The Kier molecular flexibility index (Phi) is 3.68. The Balaban J connectivity index is 2.47. The van der Waals surface area contributed by atoms with Gasteiger partial charge < -0.3 is 4.90 Å². The molecule has 0 fully saturated rings. The van der Waals surface area contributed by atoms with Crippen LogP contribution >= 0.6 is 11.6 Å². The van der Waals surface area contributed by atoms with Gasteiger partial charge in [0.05, 0.1) is 23.0 Å². The number of nitriles is 1. The highest BCUT2D eigenvalue weighted by Gasteiger charge is 2.13. The molecule has 0 bridgehead atoms. The van der Waals surface area contributed by atoms with Gasteiger partial charge >= 0.3 is 0 Å². The molecule has 2 aromatic rings. The van der Waals surface area contributed by atoms with Crippen molar-refractivity contribution in [2.75, 3.05) is 11.9 Å². The van der Waals surface area contributed by atoms with Crippen LogP contribution in [0.2, 0.25) is 5.15 Å². The second-order valence-electron chi connectivity index (χ2n) is 4.23. The summed E-state index contributed by atoms with van der Waals surface area (Å²) in [6, 6.07) is 9.38. The lowest BCUT2D eigenvalue weighted by molar-refractivity contribution is 1.01. The SMILES string of the molecule is Cc1nc(Cl)c(N(C)c2cccc(C#N)c2)nc1C. The molecule has 5 heteroatoms. The Hall–Kier alpha value is -2.12. The Bertz CT molecular complexity index is 661. The molecule has 0 saturated carbocycles. The Morgan fingerprint density at radius 2 is 1.89 bits per heavy atom. The van der Waals surface area contributed by atoms with Gasteiger partial charge in [-0.25, -0.2) is 9.97 Å². The fourth-order valence-electron chi connectivity index (χ4n) is 1.68. The van der Waals surface area contributed by atoms with E-state index < -0.39 is 0 Å². The van der Waals surface area contributed by atoms with Gasteiger partial charge in [-0.3, -0.25) is 0 Å². The minimum atomic E-state index is 0.355. The number of aromatic nitrogens is 2. The molecule has 0 atom stereocenters. The summed E-state index contributed by atoms with van der Waals surface area (Å²) in [4.78, 5) is 10.5. The van der Waals surface area contributed by atoms with E-state index >= 15 is 0 Å². The second-order valence-corrected chi connectivity index (χ2v) is 4.59. The number of halogens is 1. The van der Waals surface area contributed by atoms with Gasteiger partial charge in [0, 0.05) is 12.7 Å². The third-order valence-corrected chi connectivity index (χ3v) is 3.18. The van der Waals surface area contributed by atoms with Crippen molar-refractivity contribution in [3.05, 3.63) is 46.4 Å². The van der Waals surface area contributed by atoms with Gasteiger partial charge in [0.25, 0.3) is 0 Å². The van der Waals surface area contributed by atoms with Gasteiger partial charge in [-0.2, -0.15) is 5.26 Å². The maximum absolute atomic E-state index is 8.93. The highest BCUT2D eigenvalue weighted by atomic mass is 35.5. The van der Waals surface area contributed by atoms with E-state index in [4.69, 9.17) is 16.9 Å². The number of hydrogen-bond donors (Lipinski definition) is 0.